The molecule has 0 aromatic heterocycles. The Hall–Kier alpha value is -3.66. The number of hydrogen-bond acceptors (Lipinski definition) is 4. The van der Waals surface area contributed by atoms with Gasteiger partial charge in [0.25, 0.3) is 0 Å². The average Bonchev–Trinajstić information content (AvgIpc) is 3.04. The van der Waals surface area contributed by atoms with E-state index in [2.05, 4.69) is 84.6 Å². The lowest BCUT2D eigenvalue weighted by atomic mass is 9.76. The fourth-order valence-corrected chi connectivity index (χ4v) is 7.03. The van der Waals surface area contributed by atoms with E-state index in [1.54, 1.807) is 0 Å². The van der Waals surface area contributed by atoms with E-state index in [1.807, 2.05) is 18.2 Å². The van der Waals surface area contributed by atoms with Crippen LogP contribution in [0.15, 0.2) is 95.7 Å². The summed E-state index contributed by atoms with van der Waals surface area (Å²) in [5.74, 6) is 2.02. The van der Waals surface area contributed by atoms with E-state index in [1.165, 1.54) is 51.4 Å². The van der Waals surface area contributed by atoms with Gasteiger partial charge in [-0.2, -0.15) is 0 Å². The molecule has 6 rings (SSSR count). The standard InChI is InChI=1S/C38H44N2O2/c1-28-35(26-29-14-6-2-7-15-29)38(39-31-16-8-3-9-17-31)42-36(37(28)41)27-30-22-24-34(25-23-30)40(32-18-10-4-11-19-32)33-20-12-5-13-21-33/h4-5,10-13,18-25,27-29,31,35H,2-3,6-9,14-17,26H2,1H3/b36-27+,39-38?. The van der Waals surface area contributed by atoms with Crippen molar-refractivity contribution in [1.29, 1.82) is 0 Å². The highest BCUT2D eigenvalue weighted by Gasteiger charge is 2.40. The summed E-state index contributed by atoms with van der Waals surface area (Å²) in [5.41, 5.74) is 4.22. The monoisotopic (exact) mass is 560 g/mol. The number of para-hydroxylation sites is 2. The third-order valence-electron chi connectivity index (χ3n) is 9.47. The van der Waals surface area contributed by atoms with Gasteiger partial charge >= 0.3 is 0 Å². The van der Waals surface area contributed by atoms with Gasteiger partial charge in [-0.1, -0.05) is 107 Å². The van der Waals surface area contributed by atoms with E-state index >= 15 is 0 Å². The number of aliphatic imine (C=N–C) groups is 1. The Bertz CT molecular complexity index is 1330. The molecule has 3 aliphatic rings. The van der Waals surface area contributed by atoms with Gasteiger partial charge in [0.1, 0.15) is 0 Å². The first kappa shape index (κ1) is 28.5. The Labute approximate surface area is 251 Å². The second kappa shape index (κ2) is 13.5. The van der Waals surface area contributed by atoms with Crippen LogP contribution in [0.1, 0.15) is 83.1 Å². The van der Waals surface area contributed by atoms with Gasteiger partial charge in [0.2, 0.25) is 5.78 Å². The predicted octanol–water partition coefficient (Wildman–Crippen LogP) is 10.1. The molecule has 1 heterocycles. The van der Waals surface area contributed by atoms with Crippen molar-refractivity contribution in [2.45, 2.75) is 83.6 Å². The average molecular weight is 561 g/mol. The summed E-state index contributed by atoms with van der Waals surface area (Å²) in [6.45, 7) is 2.10. The molecule has 3 aromatic rings. The zero-order valence-corrected chi connectivity index (χ0v) is 25.0. The summed E-state index contributed by atoms with van der Waals surface area (Å²) in [4.78, 5) is 21.2. The van der Waals surface area contributed by atoms with Crippen LogP contribution >= 0.6 is 0 Å². The van der Waals surface area contributed by atoms with E-state index in [-0.39, 0.29) is 17.6 Å². The van der Waals surface area contributed by atoms with Gasteiger partial charge < -0.3 is 9.64 Å². The highest BCUT2D eigenvalue weighted by atomic mass is 16.5. The lowest BCUT2D eigenvalue weighted by Gasteiger charge is -2.35. The predicted molar refractivity (Wildman–Crippen MR) is 173 cm³/mol. The van der Waals surface area contributed by atoms with Gasteiger partial charge in [-0.25, -0.2) is 0 Å². The maximum atomic E-state index is 13.7. The summed E-state index contributed by atoms with van der Waals surface area (Å²) in [7, 11) is 0. The molecule has 2 saturated carbocycles. The van der Waals surface area contributed by atoms with E-state index in [4.69, 9.17) is 9.73 Å². The molecule has 0 bridgehead atoms. The summed E-state index contributed by atoms with van der Waals surface area (Å²) >= 11 is 0. The van der Waals surface area contributed by atoms with Crippen molar-refractivity contribution >= 4 is 34.8 Å². The van der Waals surface area contributed by atoms with Crippen molar-refractivity contribution in [2.75, 3.05) is 4.90 Å². The van der Waals surface area contributed by atoms with E-state index < -0.39 is 0 Å². The molecule has 218 valence electrons. The molecule has 0 amide bonds. The summed E-state index contributed by atoms with van der Waals surface area (Å²) in [5, 5.41) is 0. The van der Waals surface area contributed by atoms with Crippen molar-refractivity contribution in [3.63, 3.8) is 0 Å². The maximum Gasteiger partial charge on any atom is 0.201 e. The summed E-state index contributed by atoms with van der Waals surface area (Å²) in [6, 6.07) is 29.5. The van der Waals surface area contributed by atoms with Crippen LogP contribution < -0.4 is 4.90 Å². The highest BCUT2D eigenvalue weighted by Crippen LogP contribution is 2.38. The number of rotatable bonds is 7. The fourth-order valence-electron chi connectivity index (χ4n) is 7.03. The van der Waals surface area contributed by atoms with Crippen molar-refractivity contribution in [3.05, 3.63) is 96.3 Å². The van der Waals surface area contributed by atoms with E-state index in [0.29, 0.717) is 17.7 Å². The molecule has 1 saturated heterocycles. The molecule has 1 aliphatic heterocycles. The molecule has 2 aliphatic carbocycles. The lowest BCUT2D eigenvalue weighted by molar-refractivity contribution is -0.123. The lowest BCUT2D eigenvalue weighted by Crippen LogP contribution is -2.39. The van der Waals surface area contributed by atoms with Crippen molar-refractivity contribution in [2.24, 2.45) is 22.7 Å². The first-order chi connectivity index (χ1) is 20.7. The molecule has 2 unspecified atom stereocenters. The van der Waals surface area contributed by atoms with E-state index in [9.17, 15) is 4.79 Å². The van der Waals surface area contributed by atoms with Crippen LogP contribution in [-0.2, 0) is 9.53 Å². The molecule has 2 atom stereocenters. The van der Waals surface area contributed by atoms with Crippen LogP contribution in [-0.4, -0.2) is 17.7 Å². The highest BCUT2D eigenvalue weighted by molar-refractivity contribution is 6.06. The van der Waals surface area contributed by atoms with Gasteiger partial charge in [-0.05, 0) is 73.2 Å². The smallest absolute Gasteiger partial charge is 0.201 e. The van der Waals surface area contributed by atoms with Crippen LogP contribution in [0.5, 0.6) is 0 Å². The molecule has 0 N–H and O–H groups in total. The third-order valence-corrected chi connectivity index (χ3v) is 9.47. The van der Waals surface area contributed by atoms with Crippen LogP contribution in [0.3, 0.4) is 0 Å². The number of carbonyl (C=O) groups is 1. The quantitative estimate of drug-likeness (QED) is 0.270. The molecule has 3 aromatic carbocycles. The Kier molecular flexibility index (Phi) is 9.18. The zero-order valence-electron chi connectivity index (χ0n) is 25.0. The summed E-state index contributed by atoms with van der Waals surface area (Å²) in [6.07, 6.45) is 15.5. The number of nitrogens with zero attached hydrogens (tertiary/aromatic N) is 2. The minimum absolute atomic E-state index is 0.0901. The van der Waals surface area contributed by atoms with Crippen LogP contribution in [0.25, 0.3) is 6.08 Å². The number of ketones is 1. The minimum Gasteiger partial charge on any atom is -0.439 e. The number of carbonyl (C=O) groups excluding carboxylic acids is 1. The second-order valence-corrected chi connectivity index (χ2v) is 12.5. The van der Waals surface area contributed by atoms with Gasteiger partial charge in [-0.3, -0.25) is 9.79 Å². The first-order valence-corrected chi connectivity index (χ1v) is 16.2. The number of allylic oxidation sites excluding steroid dienone is 1. The maximum absolute atomic E-state index is 13.7. The third kappa shape index (κ3) is 6.69. The van der Waals surface area contributed by atoms with E-state index in [0.717, 1.165) is 47.8 Å². The van der Waals surface area contributed by atoms with Crippen molar-refractivity contribution in [1.82, 2.24) is 0 Å². The fraction of sp³-hybridized carbons (Fsp3) is 0.421. The normalized spacial score (nSPS) is 24.1. The molecule has 0 spiro atoms. The Morgan fingerprint density at radius 3 is 1.88 bits per heavy atom. The van der Waals surface area contributed by atoms with Crippen molar-refractivity contribution in [3.8, 4) is 0 Å². The Balaban J connectivity index is 1.27. The second-order valence-electron chi connectivity index (χ2n) is 12.5. The molecular formula is C38H44N2O2. The largest absolute Gasteiger partial charge is 0.439 e. The first-order valence-electron chi connectivity index (χ1n) is 16.2. The SMILES string of the molecule is CC1C(=O)/C(=C\c2ccc(N(c3ccccc3)c3ccccc3)cc2)OC(=NC2CCCCC2)C1CC1CCCCC1. The Morgan fingerprint density at radius 2 is 1.29 bits per heavy atom. The molecule has 42 heavy (non-hydrogen) atoms. The molecule has 0 radical (unpaired) electrons. The zero-order chi connectivity index (χ0) is 28.7. The number of benzene rings is 3. The Morgan fingerprint density at radius 1 is 0.738 bits per heavy atom. The topological polar surface area (TPSA) is 41.9 Å². The molecule has 4 heteroatoms. The van der Waals surface area contributed by atoms with Crippen molar-refractivity contribution < 1.29 is 9.53 Å². The number of hydrogen-bond donors (Lipinski definition) is 0. The number of ether oxygens (including phenoxy) is 1. The van der Waals surface area contributed by atoms with Gasteiger partial charge in [-0.15, -0.1) is 0 Å². The number of anilines is 3. The van der Waals surface area contributed by atoms with Gasteiger partial charge in [0, 0.05) is 28.9 Å². The molecule has 3 fully saturated rings. The van der Waals surface area contributed by atoms with Gasteiger partial charge in [0.05, 0.1) is 6.04 Å². The summed E-state index contributed by atoms with van der Waals surface area (Å²) < 4.78 is 6.50. The van der Waals surface area contributed by atoms with Crippen LogP contribution in [0, 0.1) is 17.8 Å². The molecule has 4 nitrogen and oxygen atoms in total. The van der Waals surface area contributed by atoms with Gasteiger partial charge in [0.15, 0.2) is 11.7 Å². The minimum atomic E-state index is -0.111. The number of Topliss-reactive ketones (excluding diaryl/α,β-unsaturated/α-hetero) is 1. The van der Waals surface area contributed by atoms with Crippen LogP contribution in [0.2, 0.25) is 0 Å². The molecular weight excluding hydrogens is 516 g/mol. The van der Waals surface area contributed by atoms with Crippen LogP contribution in [0.4, 0.5) is 17.1 Å².